The topological polar surface area (TPSA) is 77.6 Å². The van der Waals surface area contributed by atoms with Crippen molar-refractivity contribution in [1.29, 1.82) is 0 Å². The number of nitrogens with one attached hydrogen (secondary N) is 2. The third kappa shape index (κ3) is 5.02. The number of aromatic nitrogens is 4. The number of fused-ring (bicyclic) bond motifs is 8. The number of rotatable bonds is 1. The number of halogens is 3. The van der Waals surface area contributed by atoms with Gasteiger partial charge in [-0.3, -0.25) is 0 Å². The molecule has 0 radical (unpaired) electrons. The lowest BCUT2D eigenvalue weighted by Crippen LogP contribution is -1.84. The van der Waals surface area contributed by atoms with Crippen molar-refractivity contribution in [1.82, 2.24) is 19.9 Å². The molecule has 8 heteroatoms. The zero-order valence-corrected chi connectivity index (χ0v) is 20.2. The number of nitrogens with zero attached hydrogens (tertiary/aromatic N) is 2. The minimum absolute atomic E-state index is 0. The molecule has 8 bridgehead atoms. The van der Waals surface area contributed by atoms with Crippen LogP contribution in [-0.4, -0.2) is 25.0 Å². The summed E-state index contributed by atoms with van der Waals surface area (Å²) in [6, 6.07) is 23.5. The highest BCUT2D eigenvalue weighted by molar-refractivity contribution is 5.93. The molecular formula is C26H21Cl3N4O. The Labute approximate surface area is 214 Å². The maximum atomic E-state index is 9.68. The zero-order chi connectivity index (χ0) is 20.8. The molecule has 6 rings (SSSR count). The Balaban J connectivity index is 0.00000108. The Morgan fingerprint density at radius 3 is 1.62 bits per heavy atom. The van der Waals surface area contributed by atoms with Crippen LogP contribution in [0.15, 0.2) is 72.8 Å². The van der Waals surface area contributed by atoms with Crippen LogP contribution in [0.4, 0.5) is 0 Å². The Morgan fingerprint density at radius 1 is 0.559 bits per heavy atom. The van der Waals surface area contributed by atoms with E-state index in [0.29, 0.717) is 0 Å². The van der Waals surface area contributed by atoms with Gasteiger partial charge in [0, 0.05) is 27.6 Å². The van der Waals surface area contributed by atoms with E-state index in [-0.39, 0.29) is 43.0 Å². The lowest BCUT2D eigenvalue weighted by molar-refractivity contribution is 0.475. The third-order valence-corrected chi connectivity index (χ3v) is 5.34. The van der Waals surface area contributed by atoms with E-state index in [1.807, 2.05) is 72.8 Å². The molecule has 3 aromatic heterocycles. The molecule has 0 saturated heterocycles. The highest BCUT2D eigenvalue weighted by Gasteiger charge is 2.13. The second-order valence-corrected chi connectivity index (χ2v) is 7.64. The quantitative estimate of drug-likeness (QED) is 0.221. The molecule has 5 heterocycles. The van der Waals surface area contributed by atoms with Gasteiger partial charge >= 0.3 is 0 Å². The van der Waals surface area contributed by atoms with E-state index >= 15 is 0 Å². The zero-order valence-electron chi connectivity index (χ0n) is 17.7. The molecule has 2 aliphatic rings. The van der Waals surface area contributed by atoms with Crippen molar-refractivity contribution >= 4 is 83.1 Å². The molecule has 1 aromatic carbocycles. The maximum absolute atomic E-state index is 9.68. The largest absolute Gasteiger partial charge is 0.508 e. The second kappa shape index (κ2) is 10.2. The smallest absolute Gasteiger partial charge is 0.115 e. The first-order valence-corrected chi connectivity index (χ1v) is 10.1. The van der Waals surface area contributed by atoms with Gasteiger partial charge in [0.2, 0.25) is 0 Å². The minimum atomic E-state index is 0. The Bertz CT molecular complexity index is 1550. The first-order chi connectivity index (χ1) is 15.2. The van der Waals surface area contributed by atoms with E-state index in [4.69, 9.17) is 4.98 Å². The minimum Gasteiger partial charge on any atom is -0.508 e. The fraction of sp³-hybridized carbons (Fsp3) is 0. The van der Waals surface area contributed by atoms with Crippen molar-refractivity contribution in [3.05, 3.63) is 101 Å². The average Bonchev–Trinajstić information content (AvgIpc) is 3.54. The summed E-state index contributed by atoms with van der Waals surface area (Å²) in [6.07, 6.45) is 6.09. The highest BCUT2D eigenvalue weighted by atomic mass is 35.5. The van der Waals surface area contributed by atoms with E-state index in [2.05, 4.69) is 21.0 Å². The molecule has 34 heavy (non-hydrogen) atoms. The lowest BCUT2D eigenvalue weighted by Gasteiger charge is -2.02. The van der Waals surface area contributed by atoms with Crippen molar-refractivity contribution in [2.75, 3.05) is 0 Å². The number of hydrogen-bond acceptors (Lipinski definition) is 3. The van der Waals surface area contributed by atoms with Crippen LogP contribution in [0.25, 0.3) is 45.9 Å². The van der Waals surface area contributed by atoms with Crippen LogP contribution in [0.3, 0.4) is 0 Å². The Morgan fingerprint density at radius 2 is 1.06 bits per heavy atom. The van der Waals surface area contributed by atoms with Gasteiger partial charge in [0.1, 0.15) is 5.75 Å². The lowest BCUT2D eigenvalue weighted by atomic mass is 10.0. The predicted octanol–water partition coefficient (Wildman–Crippen LogP) is 7.05. The SMILES string of the molecule is Cl.Cl.Cl.Oc1ccc(C2=Cc3cc4ccc(cc5nc(cc6ccc(cc2n3)[nH]6)C=C5)[nH]4)cc1. The molecule has 0 unspecified atom stereocenters. The van der Waals surface area contributed by atoms with Crippen molar-refractivity contribution < 1.29 is 5.11 Å². The van der Waals surface area contributed by atoms with E-state index < -0.39 is 0 Å². The van der Waals surface area contributed by atoms with Gasteiger partial charge in [-0.15, -0.1) is 37.2 Å². The summed E-state index contributed by atoms with van der Waals surface area (Å²) in [5.74, 6) is 0.245. The van der Waals surface area contributed by atoms with Gasteiger partial charge in [-0.05, 0) is 84.5 Å². The molecule has 0 aliphatic carbocycles. The summed E-state index contributed by atoms with van der Waals surface area (Å²) in [7, 11) is 0. The number of phenols is 1. The van der Waals surface area contributed by atoms with Gasteiger partial charge < -0.3 is 15.1 Å². The summed E-state index contributed by atoms with van der Waals surface area (Å²) in [6.45, 7) is 0. The van der Waals surface area contributed by atoms with Crippen LogP contribution in [0, 0.1) is 0 Å². The molecule has 172 valence electrons. The number of aromatic hydroxyl groups is 1. The summed E-state index contributed by atoms with van der Waals surface area (Å²) in [4.78, 5) is 16.4. The maximum Gasteiger partial charge on any atom is 0.115 e. The second-order valence-electron chi connectivity index (χ2n) is 7.64. The third-order valence-electron chi connectivity index (χ3n) is 5.34. The van der Waals surface area contributed by atoms with E-state index in [0.717, 1.165) is 56.0 Å². The normalized spacial score (nSPS) is 11.6. The van der Waals surface area contributed by atoms with Crippen LogP contribution >= 0.6 is 37.2 Å². The van der Waals surface area contributed by atoms with Crippen molar-refractivity contribution in [3.63, 3.8) is 0 Å². The molecule has 4 aromatic rings. The van der Waals surface area contributed by atoms with Crippen LogP contribution in [-0.2, 0) is 0 Å². The standard InChI is InChI=1S/C26H18N4O.3ClH/c31-24-9-1-16(2-10-24)25-14-23-13-21-6-5-19(28-21)11-17-3-4-18(27-17)12-20-7-8-22(29-20)15-26(25)30-23;;;/h1-15,28-29,31H;3*1H. The molecular weight excluding hydrogens is 491 g/mol. The van der Waals surface area contributed by atoms with Gasteiger partial charge in [0.15, 0.2) is 0 Å². The Kier molecular flexibility index (Phi) is 7.52. The van der Waals surface area contributed by atoms with Gasteiger partial charge in [-0.25, -0.2) is 9.97 Å². The van der Waals surface area contributed by atoms with Gasteiger partial charge in [0.25, 0.3) is 0 Å². The van der Waals surface area contributed by atoms with Crippen molar-refractivity contribution in [2.24, 2.45) is 0 Å². The van der Waals surface area contributed by atoms with E-state index in [1.54, 1.807) is 12.1 Å². The van der Waals surface area contributed by atoms with E-state index in [9.17, 15) is 5.11 Å². The van der Waals surface area contributed by atoms with Gasteiger partial charge in [-0.1, -0.05) is 12.1 Å². The van der Waals surface area contributed by atoms with Crippen LogP contribution < -0.4 is 0 Å². The number of aromatic amines is 2. The molecule has 3 N–H and O–H groups in total. The molecule has 0 fully saturated rings. The van der Waals surface area contributed by atoms with E-state index in [1.165, 1.54) is 0 Å². The summed E-state index contributed by atoms with van der Waals surface area (Å²) >= 11 is 0. The fourth-order valence-electron chi connectivity index (χ4n) is 3.89. The van der Waals surface area contributed by atoms with Crippen molar-refractivity contribution in [2.45, 2.75) is 0 Å². The summed E-state index contributed by atoms with van der Waals surface area (Å²) in [5.41, 5.74) is 9.46. The monoisotopic (exact) mass is 510 g/mol. The molecule has 0 amide bonds. The number of H-pyrrole nitrogens is 2. The number of phenolic OH excluding ortho intramolecular Hbond substituents is 1. The highest BCUT2D eigenvalue weighted by Crippen LogP contribution is 2.30. The number of benzene rings is 1. The molecule has 0 atom stereocenters. The fourth-order valence-corrected chi connectivity index (χ4v) is 3.89. The van der Waals surface area contributed by atoms with Gasteiger partial charge in [-0.2, -0.15) is 0 Å². The summed E-state index contributed by atoms with van der Waals surface area (Å²) < 4.78 is 0. The first kappa shape index (κ1) is 25.1. The molecule has 0 saturated carbocycles. The van der Waals surface area contributed by atoms with Crippen LogP contribution in [0.1, 0.15) is 28.3 Å². The van der Waals surface area contributed by atoms with Gasteiger partial charge in [0.05, 0.1) is 22.8 Å². The average molecular weight is 512 g/mol. The summed E-state index contributed by atoms with van der Waals surface area (Å²) in [5, 5.41) is 9.68. The molecule has 0 spiro atoms. The van der Waals surface area contributed by atoms with Crippen molar-refractivity contribution in [3.8, 4) is 5.75 Å². The Hall–Kier alpha value is -3.51. The molecule has 5 nitrogen and oxygen atoms in total. The first-order valence-electron chi connectivity index (χ1n) is 10.1. The van der Waals surface area contributed by atoms with Crippen LogP contribution in [0.5, 0.6) is 5.75 Å². The van der Waals surface area contributed by atoms with Crippen LogP contribution in [0.2, 0.25) is 0 Å². The molecule has 2 aliphatic heterocycles. The predicted molar refractivity (Wildman–Crippen MR) is 147 cm³/mol. The number of hydrogen-bond donors (Lipinski definition) is 3.